The molecule has 2 nitrogen and oxygen atoms in total. The smallest absolute Gasteiger partial charge is 0.139 e. The van der Waals surface area contributed by atoms with Crippen LogP contribution in [0, 0.1) is 34.5 Å². The van der Waals surface area contributed by atoms with Crippen LogP contribution in [0.3, 0.4) is 0 Å². The molecule has 2 aromatic carbocycles. The van der Waals surface area contributed by atoms with Crippen molar-refractivity contribution in [2.24, 2.45) is 34.5 Å². The van der Waals surface area contributed by atoms with Crippen LogP contribution in [0.5, 0.6) is 0 Å². The zero-order valence-electron chi connectivity index (χ0n) is 36.3. The van der Waals surface area contributed by atoms with Crippen LogP contribution in [0.2, 0.25) is 0 Å². The molecule has 56 heavy (non-hydrogen) atoms. The number of Topliss-reactive ketones (excluding diaryl/α,β-unsaturated/α-hetero) is 1. The third-order valence-electron chi connectivity index (χ3n) is 15.9. The van der Waals surface area contributed by atoms with E-state index in [1.54, 1.807) is 0 Å². The number of carbonyl (C=O) groups excluding carboxylic acids is 1. The van der Waals surface area contributed by atoms with Crippen LogP contribution in [-0.2, 0) is 15.1 Å². The Balaban J connectivity index is 1.08. The fraction of sp³-hybridized carbons (Fsp3) is 0.722. The summed E-state index contributed by atoms with van der Waals surface area (Å²) in [5.74, 6) is 3.74. The van der Waals surface area contributed by atoms with Crippen LogP contribution in [0.25, 0.3) is 0 Å². The van der Waals surface area contributed by atoms with Gasteiger partial charge in [-0.3, -0.25) is 4.79 Å². The Hall–Kier alpha value is -2.19. The molecule has 0 aliphatic heterocycles. The fourth-order valence-corrected chi connectivity index (χ4v) is 13.2. The van der Waals surface area contributed by atoms with Crippen LogP contribution < -0.4 is 0 Å². The number of ether oxygens (including phenoxy) is 1. The molecular formula is C54H82O2. The zero-order valence-corrected chi connectivity index (χ0v) is 36.3. The van der Waals surface area contributed by atoms with Crippen molar-refractivity contribution in [3.05, 3.63) is 83.9 Å². The van der Waals surface area contributed by atoms with E-state index in [9.17, 15) is 4.79 Å². The standard InChI is InChI=1S/C54H82O2/c1-4-6-7-8-9-10-11-12-13-14-15-16-25-32-51(55)36-39-56-54(48-28-20-17-21-29-48,49-30-22-18-23-31-49)44(3)40-46-41-50-35-38-52(43-46,42-45-33-34-45)53(50)37-26-19-24-27-47(53)5-2/h17-18,20-23,28-31,45-47,50H,3-16,19,24-27,32-43H2,1-2H3. The van der Waals surface area contributed by atoms with Gasteiger partial charge >= 0.3 is 0 Å². The highest BCUT2D eigenvalue weighted by atomic mass is 16.5. The highest BCUT2D eigenvalue weighted by molar-refractivity contribution is 5.78. The predicted octanol–water partition coefficient (Wildman–Crippen LogP) is 15.9. The van der Waals surface area contributed by atoms with Crippen molar-refractivity contribution >= 4 is 5.78 Å². The normalized spacial score (nSPS) is 26.4. The van der Waals surface area contributed by atoms with Crippen LogP contribution in [0.15, 0.2) is 72.8 Å². The predicted molar refractivity (Wildman–Crippen MR) is 238 cm³/mol. The second-order valence-electron chi connectivity index (χ2n) is 19.6. The topological polar surface area (TPSA) is 26.3 Å². The van der Waals surface area contributed by atoms with Gasteiger partial charge < -0.3 is 4.74 Å². The molecule has 4 aliphatic rings. The number of benzene rings is 2. The van der Waals surface area contributed by atoms with Gasteiger partial charge in [-0.15, -0.1) is 0 Å². The van der Waals surface area contributed by atoms with Gasteiger partial charge in [-0.2, -0.15) is 0 Å². The fourth-order valence-electron chi connectivity index (χ4n) is 13.2. The van der Waals surface area contributed by atoms with Gasteiger partial charge in [0.1, 0.15) is 11.4 Å². The van der Waals surface area contributed by atoms with Crippen LogP contribution >= 0.6 is 0 Å². The van der Waals surface area contributed by atoms with Crippen molar-refractivity contribution in [1.29, 1.82) is 0 Å². The molecule has 5 unspecified atom stereocenters. The number of rotatable bonds is 26. The Kier molecular flexibility index (Phi) is 16.8. The van der Waals surface area contributed by atoms with Crippen molar-refractivity contribution < 1.29 is 9.53 Å². The van der Waals surface area contributed by atoms with Crippen molar-refractivity contribution in [3.8, 4) is 0 Å². The second-order valence-corrected chi connectivity index (χ2v) is 19.6. The first kappa shape index (κ1) is 43.4. The summed E-state index contributed by atoms with van der Waals surface area (Å²) in [6, 6.07) is 21.8. The molecule has 4 aliphatic carbocycles. The lowest BCUT2D eigenvalue weighted by Gasteiger charge is -2.59. The first-order valence-corrected chi connectivity index (χ1v) is 24.4. The van der Waals surface area contributed by atoms with E-state index in [-0.39, 0.29) is 0 Å². The molecule has 6 rings (SSSR count). The quantitative estimate of drug-likeness (QED) is 0.0705. The summed E-state index contributed by atoms with van der Waals surface area (Å²) in [5.41, 5.74) is 3.81. The molecule has 5 atom stereocenters. The Bertz CT molecular complexity index is 1400. The maximum absolute atomic E-state index is 13.3. The van der Waals surface area contributed by atoms with Crippen molar-refractivity contribution in [2.75, 3.05) is 6.61 Å². The lowest BCUT2D eigenvalue weighted by Crippen LogP contribution is -2.51. The van der Waals surface area contributed by atoms with Gasteiger partial charge in [-0.05, 0) is 109 Å². The summed E-state index contributed by atoms with van der Waals surface area (Å²) in [7, 11) is 0. The summed E-state index contributed by atoms with van der Waals surface area (Å²) in [6.45, 7) is 10.2. The van der Waals surface area contributed by atoms with E-state index >= 15 is 0 Å². The molecule has 0 heterocycles. The van der Waals surface area contributed by atoms with Gasteiger partial charge in [-0.25, -0.2) is 0 Å². The zero-order chi connectivity index (χ0) is 39.1. The summed E-state index contributed by atoms with van der Waals surface area (Å²) < 4.78 is 7.20. The van der Waals surface area contributed by atoms with E-state index in [1.165, 1.54) is 166 Å². The molecule has 2 heteroatoms. The minimum atomic E-state index is -0.760. The number of carbonyl (C=O) groups is 1. The first-order chi connectivity index (χ1) is 27.5. The maximum Gasteiger partial charge on any atom is 0.139 e. The molecule has 0 amide bonds. The Morgan fingerprint density at radius 1 is 0.696 bits per heavy atom. The number of ketones is 1. The highest BCUT2D eigenvalue weighted by Gasteiger charge is 2.65. The summed E-state index contributed by atoms with van der Waals surface area (Å²) >= 11 is 0. The third kappa shape index (κ3) is 10.5. The first-order valence-electron chi connectivity index (χ1n) is 24.4. The summed E-state index contributed by atoms with van der Waals surface area (Å²) in [6.07, 6.45) is 38.2. The number of unbranched alkanes of at least 4 members (excludes halogenated alkanes) is 12. The van der Waals surface area contributed by atoms with E-state index in [2.05, 4.69) is 74.5 Å². The van der Waals surface area contributed by atoms with Gasteiger partial charge in [-0.1, -0.05) is 197 Å². The average molecular weight is 763 g/mol. The van der Waals surface area contributed by atoms with Crippen LogP contribution in [0.1, 0.15) is 211 Å². The maximum atomic E-state index is 13.3. The van der Waals surface area contributed by atoms with Crippen LogP contribution in [0.4, 0.5) is 0 Å². The van der Waals surface area contributed by atoms with Gasteiger partial charge in [0.25, 0.3) is 0 Å². The lowest BCUT2D eigenvalue weighted by atomic mass is 9.46. The Morgan fingerprint density at radius 2 is 1.30 bits per heavy atom. The van der Waals surface area contributed by atoms with Gasteiger partial charge in [0.05, 0.1) is 6.61 Å². The molecule has 2 bridgehead atoms. The molecule has 310 valence electrons. The van der Waals surface area contributed by atoms with E-state index in [0.29, 0.717) is 42.0 Å². The SMILES string of the molecule is C=C(CC1CC2CCC(CC3CC3)(C1)C21CCCCCC1CC)C(OCCC(=O)CCCCCCCCCCCCCCC)(c1ccccc1)c1ccccc1. The monoisotopic (exact) mass is 763 g/mol. The molecule has 1 spiro atoms. The van der Waals surface area contributed by atoms with E-state index in [1.807, 2.05) is 0 Å². The third-order valence-corrected chi connectivity index (χ3v) is 15.9. The molecule has 4 saturated carbocycles. The largest absolute Gasteiger partial charge is 0.361 e. The summed E-state index contributed by atoms with van der Waals surface area (Å²) in [4.78, 5) is 13.3. The van der Waals surface area contributed by atoms with Gasteiger partial charge in [0, 0.05) is 12.8 Å². The molecule has 0 N–H and O–H groups in total. The van der Waals surface area contributed by atoms with E-state index < -0.39 is 5.60 Å². The number of hydrogen-bond acceptors (Lipinski definition) is 2. The van der Waals surface area contributed by atoms with E-state index in [4.69, 9.17) is 11.3 Å². The van der Waals surface area contributed by atoms with Crippen molar-refractivity contribution in [1.82, 2.24) is 0 Å². The second kappa shape index (κ2) is 21.7. The minimum Gasteiger partial charge on any atom is -0.361 e. The summed E-state index contributed by atoms with van der Waals surface area (Å²) in [5, 5.41) is 0. The lowest BCUT2D eigenvalue weighted by molar-refractivity contribution is -0.121. The highest BCUT2D eigenvalue weighted by Crippen LogP contribution is 2.74. The minimum absolute atomic E-state index is 0.346. The molecule has 0 saturated heterocycles. The molecule has 4 fully saturated rings. The van der Waals surface area contributed by atoms with Crippen LogP contribution in [-0.4, -0.2) is 12.4 Å². The Labute approximate surface area is 344 Å². The molecule has 0 aromatic heterocycles. The Morgan fingerprint density at radius 3 is 1.89 bits per heavy atom. The molecule has 2 aromatic rings. The van der Waals surface area contributed by atoms with Gasteiger partial charge in [0.2, 0.25) is 0 Å². The molecular weight excluding hydrogens is 681 g/mol. The van der Waals surface area contributed by atoms with E-state index in [0.717, 1.165) is 41.7 Å². The molecule has 0 radical (unpaired) electrons. The van der Waals surface area contributed by atoms with Crippen molar-refractivity contribution in [2.45, 2.75) is 206 Å². The van der Waals surface area contributed by atoms with Crippen molar-refractivity contribution in [3.63, 3.8) is 0 Å². The van der Waals surface area contributed by atoms with Gasteiger partial charge in [0.15, 0.2) is 0 Å². The average Bonchev–Trinajstić information content (AvgIpc) is 4.04. The number of hydrogen-bond donors (Lipinski definition) is 0.